The van der Waals surface area contributed by atoms with Crippen molar-refractivity contribution in [3.63, 3.8) is 0 Å². The Kier molecular flexibility index (Phi) is 6.05. The van der Waals surface area contributed by atoms with Gasteiger partial charge in [-0.25, -0.2) is 4.98 Å². The fraction of sp³-hybridized carbons (Fsp3) is 0.217. The molecule has 0 bridgehead atoms. The number of anilines is 1. The van der Waals surface area contributed by atoms with Gasteiger partial charge in [-0.1, -0.05) is 0 Å². The van der Waals surface area contributed by atoms with Gasteiger partial charge in [0.1, 0.15) is 18.2 Å². The molecule has 0 aliphatic carbocycles. The normalized spacial score (nSPS) is 15.6. The summed E-state index contributed by atoms with van der Waals surface area (Å²) in [4.78, 5) is 17.8. The summed E-state index contributed by atoms with van der Waals surface area (Å²) in [5.74, 6) is 0.0476. The number of amides is 1. The molecule has 4 aromatic rings. The number of nitrogens with zero attached hydrogens (tertiary/aromatic N) is 4. The Bertz CT molecular complexity index is 1380. The molecule has 2 N–H and O–H groups in total. The number of carbonyl (C=O) groups is 1. The number of imidazole rings is 1. The molecule has 0 saturated heterocycles. The highest BCUT2D eigenvalue weighted by atomic mass is 35.5. The second-order valence-corrected chi connectivity index (χ2v) is 8.24. The lowest BCUT2D eigenvalue weighted by Crippen LogP contribution is -2.26. The predicted molar refractivity (Wildman–Crippen MR) is 122 cm³/mol. The molecule has 0 radical (unpaired) electrons. The van der Waals surface area contributed by atoms with Crippen LogP contribution < -0.4 is 10.1 Å². The van der Waals surface area contributed by atoms with Crippen LogP contribution in [0.4, 0.5) is 14.5 Å². The number of halogens is 3. The molecule has 35 heavy (non-hydrogen) atoms. The van der Waals surface area contributed by atoms with E-state index in [2.05, 4.69) is 25.2 Å². The topological polar surface area (TPSA) is 111 Å². The minimum absolute atomic E-state index is 0.135. The predicted octanol–water partition coefficient (Wildman–Crippen LogP) is 3.98. The summed E-state index contributed by atoms with van der Waals surface area (Å²) in [6.45, 7) is 0.473. The molecule has 5 rings (SSSR count). The van der Waals surface area contributed by atoms with E-state index >= 15 is 0 Å². The lowest BCUT2D eigenvalue weighted by atomic mass is 10.0. The maximum atomic E-state index is 13.1. The number of hydrogen-bond acceptors (Lipinski definition) is 7. The van der Waals surface area contributed by atoms with Gasteiger partial charge >= 0.3 is 5.57 Å². The molecule has 3 heterocycles. The van der Waals surface area contributed by atoms with Crippen molar-refractivity contribution in [2.75, 3.05) is 18.5 Å². The molecule has 12 heteroatoms. The highest BCUT2D eigenvalue weighted by Crippen LogP contribution is 2.35. The van der Waals surface area contributed by atoms with Gasteiger partial charge in [-0.2, -0.15) is 10.2 Å². The van der Waals surface area contributed by atoms with E-state index in [4.69, 9.17) is 16.3 Å². The SMILES string of the molecule is O=C(Nc1ccc(OC(F)(F)Cl)cc1)c1cc(-c2ccnnc2)c2c(c1)nc1n2[C@H](CO)COC1. The summed E-state index contributed by atoms with van der Waals surface area (Å²) in [5, 5.41) is 20.4. The Balaban J connectivity index is 1.53. The van der Waals surface area contributed by atoms with E-state index in [-0.39, 0.29) is 25.0 Å². The van der Waals surface area contributed by atoms with E-state index in [1.165, 1.54) is 24.3 Å². The van der Waals surface area contributed by atoms with Crippen molar-refractivity contribution in [1.82, 2.24) is 19.7 Å². The van der Waals surface area contributed by atoms with Crippen molar-refractivity contribution in [2.45, 2.75) is 18.2 Å². The number of rotatable bonds is 6. The van der Waals surface area contributed by atoms with Crippen molar-refractivity contribution < 1.29 is 28.2 Å². The van der Waals surface area contributed by atoms with Crippen LogP contribution in [-0.4, -0.2) is 49.5 Å². The van der Waals surface area contributed by atoms with Crippen molar-refractivity contribution >= 4 is 34.2 Å². The zero-order valence-electron chi connectivity index (χ0n) is 18.0. The zero-order chi connectivity index (χ0) is 24.6. The molecule has 180 valence electrons. The molecule has 9 nitrogen and oxygen atoms in total. The Morgan fingerprint density at radius 1 is 1.26 bits per heavy atom. The first-order chi connectivity index (χ1) is 16.8. The van der Waals surface area contributed by atoms with Crippen LogP contribution in [0.15, 0.2) is 54.9 Å². The van der Waals surface area contributed by atoms with E-state index in [0.29, 0.717) is 40.3 Å². The van der Waals surface area contributed by atoms with Gasteiger partial charge in [0.2, 0.25) is 0 Å². The second-order valence-electron chi connectivity index (χ2n) is 7.80. The molecule has 0 unspecified atom stereocenters. The summed E-state index contributed by atoms with van der Waals surface area (Å²) in [5.41, 5.74) is -0.447. The Hall–Kier alpha value is -3.67. The van der Waals surface area contributed by atoms with Gasteiger partial charge in [-0.05, 0) is 42.5 Å². The number of benzene rings is 2. The molecule has 1 amide bonds. The molecule has 0 saturated carbocycles. The highest BCUT2D eigenvalue weighted by Gasteiger charge is 2.28. The van der Waals surface area contributed by atoms with E-state index in [9.17, 15) is 18.7 Å². The average molecular weight is 502 g/mol. The first-order valence-electron chi connectivity index (χ1n) is 10.5. The van der Waals surface area contributed by atoms with Crippen LogP contribution in [0.1, 0.15) is 22.2 Å². The lowest BCUT2D eigenvalue weighted by Gasteiger charge is -2.25. The smallest absolute Gasteiger partial charge is 0.420 e. The largest absolute Gasteiger partial charge is 0.487 e. The minimum Gasteiger partial charge on any atom is -0.420 e. The summed E-state index contributed by atoms with van der Waals surface area (Å²) in [6.07, 6.45) is 3.12. The van der Waals surface area contributed by atoms with Crippen LogP contribution in [0.2, 0.25) is 0 Å². The number of hydrogen-bond donors (Lipinski definition) is 2. The molecule has 1 atom stereocenters. The summed E-state index contributed by atoms with van der Waals surface area (Å²) in [7, 11) is 0. The van der Waals surface area contributed by atoms with E-state index in [0.717, 1.165) is 5.52 Å². The number of alkyl halides is 3. The maximum absolute atomic E-state index is 13.1. The van der Waals surface area contributed by atoms with Crippen molar-refractivity contribution in [3.8, 4) is 16.9 Å². The highest BCUT2D eigenvalue weighted by molar-refractivity contribution is 6.20. The molecule has 0 spiro atoms. The Labute approximate surface area is 202 Å². The van der Waals surface area contributed by atoms with Gasteiger partial charge in [-0.15, -0.1) is 8.78 Å². The van der Waals surface area contributed by atoms with Crippen LogP contribution in [-0.2, 0) is 11.3 Å². The van der Waals surface area contributed by atoms with Crippen molar-refractivity contribution in [2.24, 2.45) is 0 Å². The molecule has 1 aliphatic heterocycles. The number of aliphatic hydroxyl groups excluding tert-OH is 1. The van der Waals surface area contributed by atoms with Gasteiger partial charge < -0.3 is 24.5 Å². The first-order valence-corrected chi connectivity index (χ1v) is 10.9. The van der Waals surface area contributed by atoms with Gasteiger partial charge in [0.05, 0.1) is 42.7 Å². The monoisotopic (exact) mass is 501 g/mol. The summed E-state index contributed by atoms with van der Waals surface area (Å²) < 4.78 is 37.4. The Morgan fingerprint density at radius 3 is 2.74 bits per heavy atom. The van der Waals surface area contributed by atoms with Crippen LogP contribution in [0.25, 0.3) is 22.2 Å². The van der Waals surface area contributed by atoms with Crippen LogP contribution in [0, 0.1) is 0 Å². The fourth-order valence-corrected chi connectivity index (χ4v) is 4.10. The number of aliphatic hydroxyl groups is 1. The average Bonchev–Trinajstić information content (AvgIpc) is 3.23. The van der Waals surface area contributed by atoms with Gasteiger partial charge in [0, 0.05) is 34.0 Å². The van der Waals surface area contributed by atoms with E-state index < -0.39 is 11.5 Å². The number of aromatic nitrogens is 4. The van der Waals surface area contributed by atoms with Crippen molar-refractivity contribution in [3.05, 3.63) is 66.2 Å². The van der Waals surface area contributed by atoms with E-state index in [1.54, 1.807) is 30.6 Å². The standard InChI is InChI=1S/C23H18ClF2N5O4/c24-23(25,26)35-17-3-1-15(2-4-17)29-22(33)14-7-18(13-5-6-27-28-9-13)21-19(8-14)30-20-12-34-11-16(10-32)31(20)21/h1-9,16,32H,10-12H2,(H,29,33)/t16-/m1/s1. The van der Waals surface area contributed by atoms with Gasteiger partial charge in [0.15, 0.2) is 0 Å². The fourth-order valence-electron chi connectivity index (χ4n) is 4.01. The van der Waals surface area contributed by atoms with Gasteiger partial charge in [-0.3, -0.25) is 4.79 Å². The Morgan fingerprint density at radius 2 is 2.06 bits per heavy atom. The third-order valence-electron chi connectivity index (χ3n) is 5.48. The molecule has 2 aromatic carbocycles. The lowest BCUT2D eigenvalue weighted by molar-refractivity contribution is -0.0964. The van der Waals surface area contributed by atoms with Crippen LogP contribution >= 0.6 is 11.6 Å². The first kappa shape index (κ1) is 23.1. The summed E-state index contributed by atoms with van der Waals surface area (Å²) in [6, 6.07) is 10.2. The minimum atomic E-state index is -3.83. The number of ether oxygens (including phenoxy) is 2. The quantitative estimate of drug-likeness (QED) is 0.384. The molecule has 2 aromatic heterocycles. The molecular weight excluding hydrogens is 484 g/mol. The number of nitrogens with one attached hydrogen (secondary N) is 1. The zero-order valence-corrected chi connectivity index (χ0v) is 18.7. The second kappa shape index (κ2) is 9.17. The van der Waals surface area contributed by atoms with Gasteiger partial charge in [0.25, 0.3) is 5.91 Å². The molecular formula is C23H18ClF2N5O4. The number of fused-ring (bicyclic) bond motifs is 3. The van der Waals surface area contributed by atoms with E-state index in [1.807, 2.05) is 4.57 Å². The van der Waals surface area contributed by atoms with Crippen LogP contribution in [0.3, 0.4) is 0 Å². The maximum Gasteiger partial charge on any atom is 0.487 e. The number of carbonyl (C=O) groups excluding carboxylic acids is 1. The third-order valence-corrected chi connectivity index (χ3v) is 5.56. The van der Waals surface area contributed by atoms with Crippen molar-refractivity contribution in [1.29, 1.82) is 0 Å². The molecule has 1 aliphatic rings. The summed E-state index contributed by atoms with van der Waals surface area (Å²) >= 11 is 4.78. The third kappa shape index (κ3) is 4.78. The molecule has 0 fully saturated rings. The van der Waals surface area contributed by atoms with Crippen LogP contribution in [0.5, 0.6) is 5.75 Å².